The minimum atomic E-state index is -1.81. The molecule has 0 bridgehead atoms. The summed E-state index contributed by atoms with van der Waals surface area (Å²) in [6, 6.07) is 0. The number of halogens is 2. The van der Waals surface area contributed by atoms with Crippen LogP contribution in [0.4, 0.5) is 4.39 Å². The van der Waals surface area contributed by atoms with Crippen LogP contribution in [-0.4, -0.2) is 34.3 Å². The van der Waals surface area contributed by atoms with Crippen LogP contribution in [0.25, 0.3) is 0 Å². The van der Waals surface area contributed by atoms with Crippen molar-refractivity contribution in [3.05, 3.63) is 23.8 Å². The van der Waals surface area contributed by atoms with Crippen LogP contribution in [0.1, 0.15) is 46.0 Å². The average Bonchev–Trinajstić information content (AvgIpc) is 2.93. The van der Waals surface area contributed by atoms with Gasteiger partial charge in [-0.05, 0) is 62.5 Å². The number of ketones is 2. The van der Waals surface area contributed by atoms with Gasteiger partial charge in [0.2, 0.25) is 0 Å². The summed E-state index contributed by atoms with van der Waals surface area (Å²) >= 11 is 5.82. The van der Waals surface area contributed by atoms with Gasteiger partial charge in [-0.15, -0.1) is 11.6 Å². The van der Waals surface area contributed by atoms with E-state index in [4.69, 9.17) is 11.6 Å². The minimum absolute atomic E-state index is 0.0148. The van der Waals surface area contributed by atoms with Gasteiger partial charge in [0, 0.05) is 17.3 Å². The highest BCUT2D eigenvalue weighted by atomic mass is 35.5. The number of hydrogen-bond acceptors (Lipinski definition) is 3. The molecule has 0 aliphatic heterocycles. The second-order valence-corrected chi connectivity index (χ2v) is 9.35. The molecule has 0 aromatic heterocycles. The van der Waals surface area contributed by atoms with Crippen molar-refractivity contribution in [1.82, 2.24) is 0 Å². The summed E-state index contributed by atoms with van der Waals surface area (Å²) in [7, 11) is 0. The molecule has 0 amide bonds. The summed E-state index contributed by atoms with van der Waals surface area (Å²) < 4.78 is 16.7. The molecule has 3 saturated carbocycles. The van der Waals surface area contributed by atoms with Gasteiger partial charge in [0.15, 0.2) is 17.2 Å². The summed E-state index contributed by atoms with van der Waals surface area (Å²) in [6.07, 6.45) is 6.54. The number of hydrogen-bond donors (Lipinski definition) is 1. The Bertz CT molecular complexity index is 731. The lowest BCUT2D eigenvalue weighted by Gasteiger charge is -2.62. The van der Waals surface area contributed by atoms with E-state index in [9.17, 15) is 14.7 Å². The summed E-state index contributed by atoms with van der Waals surface area (Å²) in [4.78, 5) is 24.2. The van der Waals surface area contributed by atoms with Crippen LogP contribution in [-0.2, 0) is 9.59 Å². The molecule has 3 fully saturated rings. The number of aliphatic hydroxyl groups is 1. The summed E-state index contributed by atoms with van der Waals surface area (Å²) in [5.41, 5.74) is -2.38. The molecule has 0 spiro atoms. The van der Waals surface area contributed by atoms with Crippen LogP contribution in [0.3, 0.4) is 0 Å². The van der Waals surface area contributed by atoms with E-state index in [0.717, 1.165) is 18.4 Å². The predicted octanol–water partition coefficient (Wildman–Crippen LogP) is 3.78. The molecule has 0 heterocycles. The molecule has 5 heteroatoms. The maximum Gasteiger partial charge on any atom is 0.178 e. The molecule has 0 aromatic carbocycles. The normalized spacial score (nSPS) is 49.9. The second kappa shape index (κ2) is 5.75. The smallest absolute Gasteiger partial charge is 0.178 e. The molecule has 4 rings (SSSR count). The Morgan fingerprint density at radius 2 is 2.04 bits per heavy atom. The molecule has 6 unspecified atom stereocenters. The summed E-state index contributed by atoms with van der Waals surface area (Å²) in [5, 5.41) is 11.1. The van der Waals surface area contributed by atoms with Crippen molar-refractivity contribution in [2.24, 2.45) is 28.6 Å². The van der Waals surface area contributed by atoms with E-state index in [2.05, 4.69) is 0 Å². The highest BCUT2D eigenvalue weighted by molar-refractivity contribution is 6.28. The van der Waals surface area contributed by atoms with Crippen molar-refractivity contribution >= 4 is 23.2 Å². The van der Waals surface area contributed by atoms with Gasteiger partial charge in [0.1, 0.15) is 0 Å². The molecule has 0 radical (unpaired) electrons. The van der Waals surface area contributed by atoms with Gasteiger partial charge in [-0.25, -0.2) is 4.39 Å². The lowest BCUT2D eigenvalue weighted by atomic mass is 9.45. The zero-order chi connectivity index (χ0) is 18.9. The molecular formula is C21H26ClFO3. The van der Waals surface area contributed by atoms with Gasteiger partial charge < -0.3 is 5.11 Å². The van der Waals surface area contributed by atoms with Crippen LogP contribution >= 0.6 is 11.6 Å². The first-order chi connectivity index (χ1) is 12.2. The Kier molecular flexibility index (Phi) is 4.06. The van der Waals surface area contributed by atoms with Crippen molar-refractivity contribution in [1.29, 1.82) is 0 Å². The third-order valence-electron chi connectivity index (χ3n) is 8.16. The third kappa shape index (κ3) is 2.09. The maximum absolute atomic E-state index is 16.7. The molecule has 3 nitrogen and oxygen atoms in total. The van der Waals surface area contributed by atoms with Crippen molar-refractivity contribution in [3.63, 3.8) is 0 Å². The number of alkyl halides is 2. The third-order valence-corrected chi connectivity index (χ3v) is 8.42. The van der Waals surface area contributed by atoms with Crippen LogP contribution in [0.5, 0.6) is 0 Å². The number of Topliss-reactive ketones (excluding diaryl/α,β-unsaturated/α-hetero) is 1. The fraction of sp³-hybridized carbons (Fsp3) is 0.714. The Balaban J connectivity index is 1.78. The van der Waals surface area contributed by atoms with Crippen LogP contribution in [0.15, 0.2) is 23.8 Å². The molecular weight excluding hydrogens is 355 g/mol. The van der Waals surface area contributed by atoms with Gasteiger partial charge in [0.25, 0.3) is 0 Å². The molecule has 4 aliphatic carbocycles. The SMILES string of the molecule is CC12CC(O)[C@@]3(F)C(CCC4=CC(=O)C=CC43C)C1CCC2C(=O)CCl. The van der Waals surface area contributed by atoms with E-state index >= 15 is 4.39 Å². The van der Waals surface area contributed by atoms with Crippen molar-refractivity contribution in [2.45, 2.75) is 57.7 Å². The fourth-order valence-corrected chi connectivity index (χ4v) is 7.02. The number of allylic oxidation sites excluding steroid dienone is 4. The van der Waals surface area contributed by atoms with Gasteiger partial charge in [-0.3, -0.25) is 9.59 Å². The van der Waals surface area contributed by atoms with Gasteiger partial charge in [0.05, 0.1) is 12.0 Å². The molecule has 0 aromatic rings. The molecule has 26 heavy (non-hydrogen) atoms. The average molecular weight is 381 g/mol. The van der Waals surface area contributed by atoms with Crippen LogP contribution in [0, 0.1) is 28.6 Å². The highest BCUT2D eigenvalue weighted by Gasteiger charge is 2.70. The largest absolute Gasteiger partial charge is 0.390 e. The Morgan fingerprint density at radius 3 is 2.73 bits per heavy atom. The lowest BCUT2D eigenvalue weighted by molar-refractivity contribution is -0.195. The summed E-state index contributed by atoms with van der Waals surface area (Å²) in [6.45, 7) is 3.85. The lowest BCUT2D eigenvalue weighted by Crippen LogP contribution is -2.66. The zero-order valence-electron chi connectivity index (χ0n) is 15.3. The fourth-order valence-electron chi connectivity index (χ4n) is 6.83. The van der Waals surface area contributed by atoms with Gasteiger partial charge in [-0.2, -0.15) is 0 Å². The van der Waals surface area contributed by atoms with E-state index in [1.54, 1.807) is 12.2 Å². The first-order valence-corrected chi connectivity index (χ1v) is 10.1. The molecule has 7 atom stereocenters. The molecule has 1 N–H and O–H groups in total. The maximum atomic E-state index is 16.7. The highest BCUT2D eigenvalue weighted by Crippen LogP contribution is 2.68. The van der Waals surface area contributed by atoms with E-state index in [1.165, 1.54) is 6.08 Å². The number of carbonyl (C=O) groups is 2. The predicted molar refractivity (Wildman–Crippen MR) is 97.6 cm³/mol. The Labute approximate surface area is 158 Å². The Hall–Kier alpha value is -1.000. The van der Waals surface area contributed by atoms with E-state index in [-0.39, 0.29) is 41.6 Å². The monoisotopic (exact) mass is 380 g/mol. The van der Waals surface area contributed by atoms with Gasteiger partial charge in [-0.1, -0.05) is 18.6 Å². The van der Waals surface area contributed by atoms with Gasteiger partial charge >= 0.3 is 0 Å². The van der Waals surface area contributed by atoms with Crippen molar-refractivity contribution < 1.29 is 19.1 Å². The number of aliphatic hydroxyl groups excluding tert-OH is 1. The topological polar surface area (TPSA) is 54.4 Å². The van der Waals surface area contributed by atoms with Crippen LogP contribution < -0.4 is 0 Å². The number of fused-ring (bicyclic) bond motifs is 5. The minimum Gasteiger partial charge on any atom is -0.390 e. The van der Waals surface area contributed by atoms with Crippen molar-refractivity contribution in [3.8, 4) is 0 Å². The summed E-state index contributed by atoms with van der Waals surface area (Å²) in [5.74, 6) is -0.576. The van der Waals surface area contributed by atoms with E-state index < -0.39 is 22.6 Å². The molecule has 0 saturated heterocycles. The zero-order valence-corrected chi connectivity index (χ0v) is 16.1. The second-order valence-electron chi connectivity index (χ2n) is 9.08. The standard InChI is InChI=1S/C21H26ClFO3/c1-19-10-18(26)21(23)15(14(19)5-6-16(19)17(25)11-22)4-3-12-9-13(24)7-8-20(12,21)2/h7-9,14-16,18,26H,3-6,10-11H2,1-2H3/t14?,15?,16?,18?,19?,20?,21-/m0/s1. The first-order valence-electron chi connectivity index (χ1n) is 9.58. The van der Waals surface area contributed by atoms with Crippen molar-refractivity contribution in [2.75, 3.05) is 5.88 Å². The Morgan fingerprint density at radius 1 is 1.31 bits per heavy atom. The number of carbonyl (C=O) groups excluding carboxylic acids is 2. The molecule has 4 aliphatic rings. The quantitative estimate of drug-likeness (QED) is 0.742. The first kappa shape index (κ1) is 18.4. The van der Waals surface area contributed by atoms with E-state index in [0.29, 0.717) is 12.8 Å². The number of rotatable bonds is 2. The molecule has 142 valence electrons. The van der Waals surface area contributed by atoms with E-state index in [1.807, 2.05) is 13.8 Å². The van der Waals surface area contributed by atoms with Crippen LogP contribution in [0.2, 0.25) is 0 Å².